The molecule has 1 aromatic rings. The second kappa shape index (κ2) is 5.53. The minimum absolute atomic E-state index is 0.147. The fourth-order valence-corrected chi connectivity index (χ4v) is 3.45. The Morgan fingerprint density at radius 1 is 1.40 bits per heavy atom. The molecule has 3 rings (SSSR count). The van der Waals surface area contributed by atoms with Gasteiger partial charge in [-0.25, -0.2) is 0 Å². The van der Waals surface area contributed by atoms with Crippen LogP contribution >= 0.6 is 11.6 Å². The van der Waals surface area contributed by atoms with Gasteiger partial charge in [0.05, 0.1) is 18.3 Å². The summed E-state index contributed by atoms with van der Waals surface area (Å²) in [7, 11) is 0. The van der Waals surface area contributed by atoms with Crippen molar-refractivity contribution in [2.75, 3.05) is 25.6 Å². The average Bonchev–Trinajstić information content (AvgIpc) is 2.86. The van der Waals surface area contributed by atoms with Crippen LogP contribution in [0.2, 0.25) is 5.02 Å². The summed E-state index contributed by atoms with van der Waals surface area (Å²) < 4.78 is 11.4. The Morgan fingerprint density at radius 2 is 2.25 bits per heavy atom. The van der Waals surface area contributed by atoms with E-state index in [0.29, 0.717) is 23.9 Å². The molecule has 20 heavy (non-hydrogen) atoms. The zero-order chi connectivity index (χ0) is 14.2. The number of anilines is 1. The number of aliphatic hydroxyl groups excluding tert-OH is 1. The van der Waals surface area contributed by atoms with Gasteiger partial charge in [0, 0.05) is 35.9 Å². The highest BCUT2D eigenvalue weighted by atomic mass is 35.5. The van der Waals surface area contributed by atoms with E-state index in [-0.39, 0.29) is 11.5 Å². The number of hydrogen-bond donors (Lipinski definition) is 2. The van der Waals surface area contributed by atoms with Crippen molar-refractivity contribution in [3.05, 3.63) is 28.8 Å². The highest BCUT2D eigenvalue weighted by molar-refractivity contribution is 6.30. The normalized spacial score (nSPS) is 31.6. The molecular weight excluding hydrogens is 278 g/mol. The smallest absolute Gasteiger partial charge is 0.0940 e. The summed E-state index contributed by atoms with van der Waals surface area (Å²) in [5.41, 5.74) is 7.08. The molecule has 2 fully saturated rings. The summed E-state index contributed by atoms with van der Waals surface area (Å²) in [5, 5.41) is 11.2. The van der Waals surface area contributed by atoms with E-state index in [1.54, 1.807) is 12.1 Å². The summed E-state index contributed by atoms with van der Waals surface area (Å²) >= 11 is 5.91. The van der Waals surface area contributed by atoms with Gasteiger partial charge in [0.2, 0.25) is 0 Å². The monoisotopic (exact) mass is 297 g/mol. The fourth-order valence-electron chi connectivity index (χ4n) is 3.27. The molecule has 0 radical (unpaired) electrons. The van der Waals surface area contributed by atoms with Crippen LogP contribution in [-0.2, 0) is 9.47 Å². The molecule has 2 aliphatic heterocycles. The molecule has 0 amide bonds. The summed E-state index contributed by atoms with van der Waals surface area (Å²) in [4.78, 5) is 0. The van der Waals surface area contributed by atoms with E-state index in [9.17, 15) is 5.11 Å². The molecule has 2 saturated heterocycles. The molecule has 2 aliphatic rings. The van der Waals surface area contributed by atoms with Crippen molar-refractivity contribution >= 4 is 17.3 Å². The molecule has 1 spiro atoms. The summed E-state index contributed by atoms with van der Waals surface area (Å²) in [6, 6.07) is 5.27. The number of ether oxygens (including phenoxy) is 2. The predicted molar refractivity (Wildman–Crippen MR) is 77.7 cm³/mol. The third kappa shape index (κ3) is 2.66. The van der Waals surface area contributed by atoms with E-state index in [1.165, 1.54) is 0 Å². The van der Waals surface area contributed by atoms with E-state index in [0.717, 1.165) is 31.4 Å². The first kappa shape index (κ1) is 14.1. The van der Waals surface area contributed by atoms with E-state index in [2.05, 4.69) is 0 Å². The molecule has 3 N–H and O–H groups in total. The van der Waals surface area contributed by atoms with E-state index in [4.69, 9.17) is 26.8 Å². The maximum absolute atomic E-state index is 10.6. The minimum Gasteiger partial charge on any atom is -0.398 e. The number of halogens is 1. The van der Waals surface area contributed by atoms with Crippen LogP contribution in [-0.4, -0.2) is 30.5 Å². The number of hydrogen-bond acceptors (Lipinski definition) is 4. The van der Waals surface area contributed by atoms with Gasteiger partial charge in [-0.3, -0.25) is 0 Å². The lowest BCUT2D eigenvalue weighted by molar-refractivity contribution is -0.117. The molecule has 3 atom stereocenters. The zero-order valence-electron chi connectivity index (χ0n) is 11.3. The van der Waals surface area contributed by atoms with E-state index >= 15 is 0 Å². The van der Waals surface area contributed by atoms with Crippen molar-refractivity contribution in [3.63, 3.8) is 0 Å². The lowest BCUT2D eigenvalue weighted by Crippen LogP contribution is -2.41. The van der Waals surface area contributed by atoms with Crippen LogP contribution in [0, 0.1) is 5.92 Å². The predicted octanol–water partition coefficient (Wildman–Crippen LogP) is 2.54. The van der Waals surface area contributed by atoms with Crippen molar-refractivity contribution in [1.82, 2.24) is 0 Å². The van der Waals surface area contributed by atoms with Gasteiger partial charge in [-0.1, -0.05) is 17.7 Å². The first-order chi connectivity index (χ1) is 9.60. The molecule has 4 nitrogen and oxygen atoms in total. The Kier molecular flexibility index (Phi) is 3.91. The lowest BCUT2D eigenvalue weighted by atomic mass is 9.80. The van der Waals surface area contributed by atoms with Gasteiger partial charge in [0.25, 0.3) is 0 Å². The van der Waals surface area contributed by atoms with Crippen molar-refractivity contribution in [2.45, 2.75) is 31.0 Å². The minimum atomic E-state index is -0.575. The molecule has 0 aliphatic carbocycles. The number of rotatable bonds is 2. The molecule has 0 bridgehead atoms. The number of nitrogens with two attached hydrogens (primary N) is 1. The molecule has 3 unspecified atom stereocenters. The van der Waals surface area contributed by atoms with E-state index < -0.39 is 6.10 Å². The van der Waals surface area contributed by atoms with Crippen molar-refractivity contribution < 1.29 is 14.6 Å². The molecule has 1 aromatic carbocycles. The first-order valence-electron chi connectivity index (χ1n) is 7.04. The molecular formula is C15H20ClNO3. The third-order valence-electron chi connectivity index (χ3n) is 4.41. The molecule has 110 valence electrons. The lowest BCUT2D eigenvalue weighted by Gasteiger charge is -2.39. The number of benzene rings is 1. The standard InChI is InChI=1S/C15H20ClNO3/c16-11-1-2-12(13(17)7-11)14(18)10-3-5-20-15(8-10)4-6-19-9-15/h1-2,7,10,14,18H,3-6,8-9,17H2. The van der Waals surface area contributed by atoms with Gasteiger partial charge in [0.1, 0.15) is 0 Å². The van der Waals surface area contributed by atoms with Crippen LogP contribution in [0.25, 0.3) is 0 Å². The Hall–Kier alpha value is -0.810. The summed E-state index contributed by atoms with van der Waals surface area (Å²) in [5.74, 6) is 0.147. The Bertz CT molecular complexity index is 488. The highest BCUT2D eigenvalue weighted by Crippen LogP contribution is 2.42. The van der Waals surface area contributed by atoms with Gasteiger partial charge < -0.3 is 20.3 Å². The molecule has 0 aromatic heterocycles. The second-order valence-electron chi connectivity index (χ2n) is 5.81. The quantitative estimate of drug-likeness (QED) is 0.823. The van der Waals surface area contributed by atoms with Crippen molar-refractivity contribution in [3.8, 4) is 0 Å². The van der Waals surface area contributed by atoms with Crippen molar-refractivity contribution in [2.24, 2.45) is 5.92 Å². The summed E-state index contributed by atoms with van der Waals surface area (Å²) in [6.45, 7) is 2.04. The molecule has 5 heteroatoms. The van der Waals surface area contributed by atoms with Crippen LogP contribution in [0.3, 0.4) is 0 Å². The molecule has 0 saturated carbocycles. The third-order valence-corrected chi connectivity index (χ3v) is 4.65. The van der Waals surface area contributed by atoms with Crippen LogP contribution in [0.15, 0.2) is 18.2 Å². The van der Waals surface area contributed by atoms with Gasteiger partial charge in [-0.2, -0.15) is 0 Å². The van der Waals surface area contributed by atoms with Crippen LogP contribution < -0.4 is 5.73 Å². The van der Waals surface area contributed by atoms with Gasteiger partial charge in [-0.05, 0) is 30.9 Å². The first-order valence-corrected chi connectivity index (χ1v) is 7.42. The highest BCUT2D eigenvalue weighted by Gasteiger charge is 2.43. The average molecular weight is 298 g/mol. The van der Waals surface area contributed by atoms with Crippen LogP contribution in [0.4, 0.5) is 5.69 Å². The van der Waals surface area contributed by atoms with Crippen LogP contribution in [0.1, 0.15) is 30.9 Å². The fraction of sp³-hybridized carbons (Fsp3) is 0.600. The zero-order valence-corrected chi connectivity index (χ0v) is 12.1. The molecule has 2 heterocycles. The maximum Gasteiger partial charge on any atom is 0.0940 e. The Labute approximate surface area is 123 Å². The summed E-state index contributed by atoms with van der Waals surface area (Å²) in [6.07, 6.45) is 1.99. The SMILES string of the molecule is Nc1cc(Cl)ccc1C(O)C1CCOC2(CCOC2)C1. The second-order valence-corrected chi connectivity index (χ2v) is 6.24. The van der Waals surface area contributed by atoms with Crippen molar-refractivity contribution in [1.29, 1.82) is 0 Å². The number of aliphatic hydroxyl groups is 1. The van der Waals surface area contributed by atoms with Gasteiger partial charge >= 0.3 is 0 Å². The topological polar surface area (TPSA) is 64.7 Å². The van der Waals surface area contributed by atoms with E-state index in [1.807, 2.05) is 6.07 Å². The Balaban J connectivity index is 1.77. The van der Waals surface area contributed by atoms with Crippen LogP contribution in [0.5, 0.6) is 0 Å². The largest absolute Gasteiger partial charge is 0.398 e. The van der Waals surface area contributed by atoms with Gasteiger partial charge in [0.15, 0.2) is 0 Å². The number of nitrogen functional groups attached to an aromatic ring is 1. The van der Waals surface area contributed by atoms with Gasteiger partial charge in [-0.15, -0.1) is 0 Å². The Morgan fingerprint density at radius 3 is 2.95 bits per heavy atom. The maximum atomic E-state index is 10.6.